The summed E-state index contributed by atoms with van der Waals surface area (Å²) < 4.78 is 9.30. The fourth-order valence-electron chi connectivity index (χ4n) is 9.14. The molecule has 1 aliphatic rings. The summed E-state index contributed by atoms with van der Waals surface area (Å²) in [6, 6.07) is 72.7. The Kier molecular flexibility index (Phi) is 6.50. The minimum Gasteiger partial charge on any atom is -0.457 e. The van der Waals surface area contributed by atoms with Gasteiger partial charge in [-0.25, -0.2) is 0 Å². The molecule has 0 spiro atoms. The maximum absolute atomic E-state index is 6.91. The van der Waals surface area contributed by atoms with Gasteiger partial charge in [0.2, 0.25) is 0 Å². The molecule has 53 heavy (non-hydrogen) atoms. The van der Waals surface area contributed by atoms with E-state index in [4.69, 9.17) is 4.74 Å². The molecule has 248 valence electrons. The first kappa shape index (κ1) is 29.8. The van der Waals surface area contributed by atoms with Gasteiger partial charge in [0.25, 0.3) is 0 Å². The lowest BCUT2D eigenvalue weighted by Crippen LogP contribution is -2.34. The van der Waals surface area contributed by atoms with Crippen molar-refractivity contribution in [3.63, 3.8) is 0 Å². The number of hydrogen-bond acceptors (Lipinski definition) is 1. The Bertz CT molecular complexity index is 2930. The molecule has 0 saturated heterocycles. The van der Waals surface area contributed by atoms with Crippen molar-refractivity contribution in [3.8, 4) is 28.3 Å². The van der Waals surface area contributed by atoms with Crippen molar-refractivity contribution in [2.75, 3.05) is 0 Å². The minimum absolute atomic E-state index is 0.667. The highest BCUT2D eigenvalue weighted by Crippen LogP contribution is 2.59. The molecule has 0 fully saturated rings. The number of rotatable bonds is 4. The van der Waals surface area contributed by atoms with Crippen molar-refractivity contribution >= 4 is 43.4 Å². The van der Waals surface area contributed by atoms with Crippen LogP contribution in [-0.2, 0) is 5.41 Å². The number of benzene rings is 9. The van der Waals surface area contributed by atoms with Gasteiger partial charge < -0.3 is 9.30 Å². The van der Waals surface area contributed by atoms with Crippen LogP contribution < -0.4 is 4.74 Å². The number of ether oxygens (including phenoxy) is 1. The summed E-state index contributed by atoms with van der Waals surface area (Å²) in [6.45, 7) is 0. The average molecular weight is 676 g/mol. The van der Waals surface area contributed by atoms with Crippen LogP contribution in [-0.4, -0.2) is 4.57 Å². The Morgan fingerprint density at radius 2 is 0.906 bits per heavy atom. The molecule has 2 heteroatoms. The van der Waals surface area contributed by atoms with Gasteiger partial charge in [-0.05, 0) is 80.2 Å². The summed E-state index contributed by atoms with van der Waals surface area (Å²) in [4.78, 5) is 0. The third-order valence-corrected chi connectivity index (χ3v) is 11.3. The van der Waals surface area contributed by atoms with Crippen molar-refractivity contribution in [2.45, 2.75) is 5.41 Å². The van der Waals surface area contributed by atoms with Gasteiger partial charge in [-0.15, -0.1) is 0 Å². The van der Waals surface area contributed by atoms with Crippen LogP contribution in [0, 0.1) is 0 Å². The first-order chi connectivity index (χ1) is 26.3. The Hall–Kier alpha value is -6.90. The zero-order chi connectivity index (χ0) is 34.9. The first-order valence-electron chi connectivity index (χ1n) is 18.3. The highest BCUT2D eigenvalue weighted by atomic mass is 16.5. The second-order valence-corrected chi connectivity index (χ2v) is 14.0. The van der Waals surface area contributed by atoms with Crippen LogP contribution in [0.25, 0.3) is 60.2 Å². The highest BCUT2D eigenvalue weighted by molar-refractivity contribution is 6.15. The standard InChI is InChI=1S/C51H33NO/c1-3-16-37(17-4-1)51(49-41-20-9-7-14-34(41)28-32-46(49)53-47-33-29-35-15-8-10-21-42(35)50(47)51)38-30-26-36(27-31-38)40-23-13-25-45-48(40)43-22-11-12-24-44(43)52(45)39-18-5-2-6-19-39/h1-33H. The van der Waals surface area contributed by atoms with E-state index in [2.05, 4.69) is 205 Å². The molecule has 11 rings (SSSR count). The van der Waals surface area contributed by atoms with Gasteiger partial charge in [-0.3, -0.25) is 0 Å². The Morgan fingerprint density at radius 1 is 0.377 bits per heavy atom. The topological polar surface area (TPSA) is 14.2 Å². The molecule has 0 radical (unpaired) electrons. The van der Waals surface area contributed by atoms with Gasteiger partial charge in [-0.1, -0.05) is 164 Å². The fraction of sp³-hybridized carbons (Fsp3) is 0.0196. The second kappa shape index (κ2) is 11.6. The summed E-state index contributed by atoms with van der Waals surface area (Å²) >= 11 is 0. The van der Waals surface area contributed by atoms with Crippen molar-refractivity contribution in [2.24, 2.45) is 0 Å². The number of fused-ring (bicyclic) bond motifs is 9. The molecule has 2 heterocycles. The number of nitrogens with zero attached hydrogens (tertiary/aromatic N) is 1. The van der Waals surface area contributed by atoms with Crippen LogP contribution in [0.15, 0.2) is 200 Å². The molecular formula is C51H33NO. The van der Waals surface area contributed by atoms with Crippen molar-refractivity contribution in [1.29, 1.82) is 0 Å². The largest absolute Gasteiger partial charge is 0.457 e. The predicted octanol–water partition coefficient (Wildman–Crippen LogP) is 13.2. The Morgan fingerprint density at radius 3 is 1.57 bits per heavy atom. The lowest BCUT2D eigenvalue weighted by atomic mass is 9.61. The van der Waals surface area contributed by atoms with E-state index >= 15 is 0 Å². The summed E-state index contributed by atoms with van der Waals surface area (Å²) in [5, 5.41) is 7.27. The van der Waals surface area contributed by atoms with E-state index in [-0.39, 0.29) is 0 Å². The third-order valence-electron chi connectivity index (χ3n) is 11.3. The Labute approximate surface area is 307 Å². The van der Waals surface area contributed by atoms with Gasteiger partial charge in [0.15, 0.2) is 0 Å². The normalized spacial score (nSPS) is 13.2. The van der Waals surface area contributed by atoms with E-state index in [0.29, 0.717) is 0 Å². The highest BCUT2D eigenvalue weighted by Gasteiger charge is 2.47. The van der Waals surface area contributed by atoms with Crippen LogP contribution in [0.2, 0.25) is 0 Å². The lowest BCUT2D eigenvalue weighted by molar-refractivity contribution is 0.439. The fourth-order valence-corrected chi connectivity index (χ4v) is 9.14. The van der Waals surface area contributed by atoms with Crippen LogP contribution in [0.1, 0.15) is 22.3 Å². The SMILES string of the molecule is c1ccc(-n2c3ccccc3c3c(-c4ccc(C5(c6ccccc6)c6c(ccc7ccccc67)Oc6ccc7ccccc7c65)cc4)cccc32)cc1. The van der Waals surface area contributed by atoms with E-state index in [9.17, 15) is 0 Å². The average Bonchev–Trinajstić information content (AvgIpc) is 3.58. The molecule has 0 amide bonds. The zero-order valence-electron chi connectivity index (χ0n) is 28.9. The van der Waals surface area contributed by atoms with E-state index in [1.807, 2.05) is 0 Å². The summed E-state index contributed by atoms with van der Waals surface area (Å²) in [5.41, 5.74) is 10.0. The second-order valence-electron chi connectivity index (χ2n) is 14.0. The van der Waals surface area contributed by atoms with Crippen molar-refractivity contribution < 1.29 is 4.74 Å². The van der Waals surface area contributed by atoms with E-state index < -0.39 is 5.41 Å². The van der Waals surface area contributed by atoms with Crippen LogP contribution in [0.5, 0.6) is 11.5 Å². The number of hydrogen-bond donors (Lipinski definition) is 0. The number of para-hydroxylation sites is 2. The first-order valence-corrected chi connectivity index (χ1v) is 18.3. The summed E-state index contributed by atoms with van der Waals surface area (Å²) in [6.07, 6.45) is 0. The molecule has 10 aromatic rings. The zero-order valence-corrected chi connectivity index (χ0v) is 28.9. The smallest absolute Gasteiger partial charge is 0.132 e. The van der Waals surface area contributed by atoms with Crippen molar-refractivity contribution in [3.05, 3.63) is 222 Å². The minimum atomic E-state index is -0.667. The number of aromatic nitrogens is 1. The van der Waals surface area contributed by atoms with Crippen LogP contribution in [0.3, 0.4) is 0 Å². The van der Waals surface area contributed by atoms with Gasteiger partial charge in [0.1, 0.15) is 11.5 Å². The summed E-state index contributed by atoms with van der Waals surface area (Å²) in [7, 11) is 0. The molecule has 0 atom stereocenters. The molecule has 0 unspecified atom stereocenters. The molecule has 0 aliphatic carbocycles. The van der Waals surface area contributed by atoms with Gasteiger partial charge >= 0.3 is 0 Å². The quantitative estimate of drug-likeness (QED) is 0.181. The van der Waals surface area contributed by atoms with Gasteiger partial charge in [-0.2, -0.15) is 0 Å². The maximum atomic E-state index is 6.91. The van der Waals surface area contributed by atoms with E-state index in [1.54, 1.807) is 0 Å². The van der Waals surface area contributed by atoms with Crippen LogP contribution in [0.4, 0.5) is 0 Å². The molecule has 0 N–H and O–H groups in total. The predicted molar refractivity (Wildman–Crippen MR) is 220 cm³/mol. The monoisotopic (exact) mass is 675 g/mol. The molecule has 0 saturated carbocycles. The molecule has 2 nitrogen and oxygen atoms in total. The van der Waals surface area contributed by atoms with Crippen LogP contribution >= 0.6 is 0 Å². The summed E-state index contributed by atoms with van der Waals surface area (Å²) in [5.74, 6) is 1.77. The molecule has 1 aromatic heterocycles. The molecule has 1 aliphatic heterocycles. The maximum Gasteiger partial charge on any atom is 0.132 e. The van der Waals surface area contributed by atoms with Crippen molar-refractivity contribution in [1.82, 2.24) is 4.57 Å². The van der Waals surface area contributed by atoms with Gasteiger partial charge in [0, 0.05) is 27.6 Å². The Balaban J connectivity index is 1.22. The molecule has 0 bridgehead atoms. The van der Waals surface area contributed by atoms with E-state index in [1.165, 1.54) is 76.7 Å². The molecule has 9 aromatic carbocycles. The molecular weight excluding hydrogens is 643 g/mol. The van der Waals surface area contributed by atoms with Gasteiger partial charge in [0.05, 0.1) is 16.4 Å². The van der Waals surface area contributed by atoms with E-state index in [0.717, 1.165) is 17.2 Å². The lowest BCUT2D eigenvalue weighted by Gasteiger charge is -2.43. The third kappa shape index (κ3) is 4.27.